The van der Waals surface area contributed by atoms with Crippen LogP contribution in [0.5, 0.6) is 5.75 Å². The molecule has 0 spiro atoms. The van der Waals surface area contributed by atoms with Crippen LogP contribution in [0.1, 0.15) is 17.2 Å². The second-order valence-corrected chi connectivity index (χ2v) is 6.21. The van der Waals surface area contributed by atoms with E-state index in [0.29, 0.717) is 11.3 Å². The highest BCUT2D eigenvalue weighted by atomic mass is 19.1. The van der Waals surface area contributed by atoms with E-state index in [1.54, 1.807) is 16.8 Å². The number of nitrogens with two attached hydrogens (primary N) is 1. The number of halogens is 1. The van der Waals surface area contributed by atoms with Crippen LogP contribution < -0.4 is 11.1 Å². The molecule has 0 radical (unpaired) electrons. The molecule has 1 aliphatic heterocycles. The number of nitrogens with one attached hydrogen (secondary N) is 1. The Kier molecular flexibility index (Phi) is 2.94. The number of rotatable bonds is 1. The van der Waals surface area contributed by atoms with Crippen molar-refractivity contribution >= 4 is 17.2 Å². The summed E-state index contributed by atoms with van der Waals surface area (Å²) in [6.45, 7) is 0. The lowest BCUT2D eigenvalue weighted by molar-refractivity contribution is 0.467. The molecule has 5 rings (SSSR count). The second kappa shape index (κ2) is 5.19. The zero-order valence-corrected chi connectivity index (χ0v) is 13.5. The molecule has 0 fully saturated rings. The van der Waals surface area contributed by atoms with Crippen molar-refractivity contribution in [1.29, 1.82) is 0 Å². The van der Waals surface area contributed by atoms with Crippen molar-refractivity contribution in [2.24, 2.45) is 0 Å². The highest BCUT2D eigenvalue weighted by Gasteiger charge is 2.28. The van der Waals surface area contributed by atoms with E-state index in [0.717, 1.165) is 28.4 Å². The topological polar surface area (TPSA) is 88.5 Å². The van der Waals surface area contributed by atoms with Gasteiger partial charge in [-0.1, -0.05) is 24.3 Å². The van der Waals surface area contributed by atoms with Gasteiger partial charge in [0.15, 0.2) is 0 Å². The standard InChI is InChI=1S/C19H14FN5O/c20-14-9-10(26)5-6-11(14)16-13-7-8-25-18(13)17(23-19(21)24-25)12-3-1-2-4-15(12)22-16/h1-9,16,22,26H,(H2,21,24). The van der Waals surface area contributed by atoms with Gasteiger partial charge in [0.25, 0.3) is 0 Å². The predicted molar refractivity (Wildman–Crippen MR) is 96.4 cm³/mol. The van der Waals surface area contributed by atoms with Crippen LogP contribution in [0.4, 0.5) is 16.0 Å². The van der Waals surface area contributed by atoms with Gasteiger partial charge >= 0.3 is 0 Å². The predicted octanol–water partition coefficient (Wildman–Crippen LogP) is 3.34. The molecule has 0 saturated carbocycles. The van der Waals surface area contributed by atoms with Gasteiger partial charge < -0.3 is 16.2 Å². The molecular weight excluding hydrogens is 333 g/mol. The number of hydrogen-bond donors (Lipinski definition) is 3. The summed E-state index contributed by atoms with van der Waals surface area (Å²) in [5.74, 6) is -0.434. The van der Waals surface area contributed by atoms with E-state index in [4.69, 9.17) is 5.73 Å². The molecule has 1 aliphatic rings. The third-order valence-corrected chi connectivity index (χ3v) is 4.65. The molecule has 4 aromatic rings. The maximum atomic E-state index is 14.6. The minimum Gasteiger partial charge on any atom is -0.508 e. The molecule has 0 bridgehead atoms. The van der Waals surface area contributed by atoms with Crippen molar-refractivity contribution in [3.8, 4) is 17.0 Å². The smallest absolute Gasteiger partial charge is 0.238 e. The van der Waals surface area contributed by atoms with Crippen molar-refractivity contribution in [3.63, 3.8) is 0 Å². The van der Waals surface area contributed by atoms with Crippen molar-refractivity contribution in [1.82, 2.24) is 14.6 Å². The van der Waals surface area contributed by atoms with Crippen LogP contribution in [0.25, 0.3) is 16.8 Å². The molecule has 26 heavy (non-hydrogen) atoms. The number of hydrogen-bond acceptors (Lipinski definition) is 5. The zero-order valence-electron chi connectivity index (χ0n) is 13.5. The average molecular weight is 347 g/mol. The Balaban J connectivity index is 1.86. The van der Waals surface area contributed by atoms with E-state index in [-0.39, 0.29) is 11.7 Å². The van der Waals surface area contributed by atoms with E-state index in [1.165, 1.54) is 6.07 Å². The summed E-state index contributed by atoms with van der Waals surface area (Å²) < 4.78 is 16.3. The molecule has 6 nitrogen and oxygen atoms in total. The Morgan fingerprint density at radius 3 is 2.81 bits per heavy atom. The van der Waals surface area contributed by atoms with Gasteiger partial charge in [-0.3, -0.25) is 0 Å². The van der Waals surface area contributed by atoms with E-state index in [2.05, 4.69) is 15.4 Å². The van der Waals surface area contributed by atoms with Crippen molar-refractivity contribution in [3.05, 3.63) is 71.7 Å². The van der Waals surface area contributed by atoms with Gasteiger partial charge in [-0.2, -0.15) is 0 Å². The first kappa shape index (κ1) is 14.7. The van der Waals surface area contributed by atoms with Crippen LogP contribution in [0, 0.1) is 5.82 Å². The molecule has 3 heterocycles. The number of anilines is 2. The fourth-order valence-electron chi connectivity index (χ4n) is 3.53. The maximum absolute atomic E-state index is 14.6. The lowest BCUT2D eigenvalue weighted by Gasteiger charge is -2.20. The highest BCUT2D eigenvalue weighted by Crippen LogP contribution is 2.42. The quantitative estimate of drug-likeness (QED) is 0.491. The number of phenols is 1. The van der Waals surface area contributed by atoms with Crippen molar-refractivity contribution in [2.75, 3.05) is 11.1 Å². The summed E-state index contributed by atoms with van der Waals surface area (Å²) in [5.41, 5.74) is 10.3. The molecule has 1 atom stereocenters. The van der Waals surface area contributed by atoms with E-state index < -0.39 is 11.9 Å². The molecular formula is C19H14FN5O. The van der Waals surface area contributed by atoms with Crippen LogP contribution in [0.3, 0.4) is 0 Å². The summed E-state index contributed by atoms with van der Waals surface area (Å²) in [6, 6.07) is 13.3. The first-order valence-electron chi connectivity index (χ1n) is 8.11. The van der Waals surface area contributed by atoms with E-state index in [1.807, 2.05) is 30.3 Å². The average Bonchev–Trinajstić information content (AvgIpc) is 2.97. The van der Waals surface area contributed by atoms with Gasteiger partial charge in [-0.15, -0.1) is 5.10 Å². The largest absolute Gasteiger partial charge is 0.508 e. The Morgan fingerprint density at radius 1 is 1.12 bits per heavy atom. The lowest BCUT2D eigenvalue weighted by atomic mass is 9.99. The fraction of sp³-hybridized carbons (Fsp3) is 0.0526. The number of nitrogen functional groups attached to an aromatic ring is 1. The molecule has 7 heteroatoms. The highest BCUT2D eigenvalue weighted by molar-refractivity contribution is 5.90. The summed E-state index contributed by atoms with van der Waals surface area (Å²) >= 11 is 0. The molecule has 2 aromatic heterocycles. The monoisotopic (exact) mass is 347 g/mol. The molecule has 0 aliphatic carbocycles. The second-order valence-electron chi connectivity index (χ2n) is 6.21. The number of aromatic nitrogens is 3. The Morgan fingerprint density at radius 2 is 1.96 bits per heavy atom. The SMILES string of the molecule is Nc1nc2c3c(ccn3n1)C(c1ccc(O)cc1F)Nc1ccccc1-2. The number of para-hydroxylation sites is 1. The van der Waals surface area contributed by atoms with Gasteiger partial charge in [-0.05, 0) is 18.2 Å². The van der Waals surface area contributed by atoms with Crippen LogP contribution >= 0.6 is 0 Å². The number of nitrogens with zero attached hydrogens (tertiary/aromatic N) is 3. The van der Waals surface area contributed by atoms with Gasteiger partial charge in [0.1, 0.15) is 17.3 Å². The first-order chi connectivity index (χ1) is 12.6. The summed E-state index contributed by atoms with van der Waals surface area (Å²) in [7, 11) is 0. The van der Waals surface area contributed by atoms with Crippen molar-refractivity contribution in [2.45, 2.75) is 6.04 Å². The van der Waals surface area contributed by atoms with Crippen LogP contribution in [0.15, 0.2) is 54.7 Å². The third kappa shape index (κ3) is 2.03. The lowest BCUT2D eigenvalue weighted by Crippen LogP contribution is -2.13. The maximum Gasteiger partial charge on any atom is 0.238 e. The number of aromatic hydroxyl groups is 1. The fourth-order valence-corrected chi connectivity index (χ4v) is 3.53. The van der Waals surface area contributed by atoms with Crippen LogP contribution in [-0.4, -0.2) is 19.7 Å². The van der Waals surface area contributed by atoms with Crippen LogP contribution in [0.2, 0.25) is 0 Å². The minimum atomic E-state index is -0.487. The summed E-state index contributed by atoms with van der Waals surface area (Å²) in [6.07, 6.45) is 1.78. The molecule has 0 saturated heterocycles. The molecule has 128 valence electrons. The number of phenolic OH excluding ortho intramolecular Hbond substituents is 1. The molecule has 4 N–H and O–H groups in total. The van der Waals surface area contributed by atoms with Crippen molar-refractivity contribution < 1.29 is 9.50 Å². The van der Waals surface area contributed by atoms with Gasteiger partial charge in [-0.25, -0.2) is 13.9 Å². The van der Waals surface area contributed by atoms with E-state index >= 15 is 0 Å². The normalized spacial score (nSPS) is 15.3. The number of benzene rings is 2. The zero-order chi connectivity index (χ0) is 17.8. The minimum absolute atomic E-state index is 0.112. The van der Waals surface area contributed by atoms with Gasteiger partial charge in [0.05, 0.1) is 11.6 Å². The Hall–Kier alpha value is -3.61. The molecule has 1 unspecified atom stereocenters. The van der Waals surface area contributed by atoms with E-state index in [9.17, 15) is 9.50 Å². The number of fused-ring (bicyclic) bond motifs is 2. The van der Waals surface area contributed by atoms with Gasteiger partial charge in [0, 0.05) is 34.6 Å². The van der Waals surface area contributed by atoms with Crippen LogP contribution in [-0.2, 0) is 0 Å². The summed E-state index contributed by atoms with van der Waals surface area (Å²) in [4.78, 5) is 4.44. The Labute approximate surface area is 147 Å². The summed E-state index contributed by atoms with van der Waals surface area (Å²) in [5, 5.41) is 17.2. The first-order valence-corrected chi connectivity index (χ1v) is 8.11. The third-order valence-electron chi connectivity index (χ3n) is 4.65. The Bertz CT molecular complexity index is 1170. The van der Waals surface area contributed by atoms with Gasteiger partial charge in [0.2, 0.25) is 5.95 Å². The molecule has 0 amide bonds. The molecule has 2 aromatic carbocycles.